The van der Waals surface area contributed by atoms with Gasteiger partial charge in [-0.2, -0.15) is 0 Å². The summed E-state index contributed by atoms with van der Waals surface area (Å²) in [4.78, 5) is 0. The average Bonchev–Trinajstić information content (AvgIpc) is 2.62. The second-order valence-corrected chi connectivity index (χ2v) is 5.62. The van der Waals surface area contributed by atoms with Crippen LogP contribution < -0.4 is 0 Å². The van der Waals surface area contributed by atoms with Crippen LogP contribution in [0.2, 0.25) is 0 Å². The molecule has 0 heteroatoms. The van der Waals surface area contributed by atoms with E-state index in [1.165, 1.54) is 27.8 Å². The van der Waals surface area contributed by atoms with Crippen LogP contribution in [0.4, 0.5) is 0 Å². The van der Waals surface area contributed by atoms with E-state index < -0.39 is 0 Å². The topological polar surface area (TPSA) is 0 Å². The lowest BCUT2D eigenvalue weighted by Gasteiger charge is -2.17. The zero-order valence-corrected chi connectivity index (χ0v) is 14.3. The Bertz CT molecular complexity index is 672. The summed E-state index contributed by atoms with van der Waals surface area (Å²) in [7, 11) is 0. The second-order valence-electron chi connectivity index (χ2n) is 5.62. The average molecular weight is 302 g/mol. The van der Waals surface area contributed by atoms with Crippen LogP contribution in [-0.2, 0) is 0 Å². The van der Waals surface area contributed by atoms with E-state index in [9.17, 15) is 0 Å². The maximum absolute atomic E-state index is 3.93. The van der Waals surface area contributed by atoms with Gasteiger partial charge in [-0.25, -0.2) is 0 Å². The van der Waals surface area contributed by atoms with E-state index in [0.29, 0.717) is 0 Å². The van der Waals surface area contributed by atoms with Gasteiger partial charge in [-0.1, -0.05) is 86.2 Å². The highest BCUT2D eigenvalue weighted by atomic mass is 14.2. The number of hydrogen-bond acceptors (Lipinski definition) is 0. The van der Waals surface area contributed by atoms with Crippen molar-refractivity contribution in [1.29, 1.82) is 0 Å². The van der Waals surface area contributed by atoms with Crippen LogP contribution in [0.25, 0.3) is 11.6 Å². The van der Waals surface area contributed by atoms with Gasteiger partial charge in [0, 0.05) is 0 Å². The molecule has 0 heterocycles. The smallest absolute Gasteiger partial charge is 0.0136 e. The minimum atomic E-state index is 0.957. The molecule has 0 saturated heterocycles. The molecule has 0 saturated carbocycles. The molecule has 0 aromatic heterocycles. The molecule has 0 spiro atoms. The van der Waals surface area contributed by atoms with E-state index in [0.717, 1.165) is 19.3 Å². The minimum Gasteiger partial charge on any atom is -0.103 e. The molecule has 0 unspecified atom stereocenters. The molecule has 118 valence electrons. The summed E-state index contributed by atoms with van der Waals surface area (Å²) in [5.74, 6) is 0. The van der Waals surface area contributed by atoms with Crippen molar-refractivity contribution < 1.29 is 0 Å². The first-order valence-corrected chi connectivity index (χ1v) is 8.44. The summed E-state index contributed by atoms with van der Waals surface area (Å²) in [5.41, 5.74) is 6.78. The van der Waals surface area contributed by atoms with Crippen molar-refractivity contribution in [2.45, 2.75) is 33.1 Å². The van der Waals surface area contributed by atoms with Crippen molar-refractivity contribution in [2.24, 2.45) is 0 Å². The van der Waals surface area contributed by atoms with Gasteiger partial charge in [-0.05, 0) is 47.6 Å². The normalized spacial score (nSPS) is 12.7. The van der Waals surface area contributed by atoms with Gasteiger partial charge in [0.2, 0.25) is 0 Å². The van der Waals surface area contributed by atoms with Crippen LogP contribution in [0.3, 0.4) is 0 Å². The Labute approximate surface area is 140 Å². The zero-order valence-electron chi connectivity index (χ0n) is 14.3. The molecule has 0 nitrogen and oxygen atoms in total. The van der Waals surface area contributed by atoms with Gasteiger partial charge in [-0.15, -0.1) is 6.58 Å². The number of benzene rings is 2. The molecule has 0 N–H and O–H groups in total. The maximum Gasteiger partial charge on any atom is -0.0136 e. The highest BCUT2D eigenvalue weighted by Gasteiger charge is 2.11. The Morgan fingerprint density at radius 1 is 0.870 bits per heavy atom. The highest BCUT2D eigenvalue weighted by Crippen LogP contribution is 2.32. The van der Waals surface area contributed by atoms with Crippen molar-refractivity contribution in [1.82, 2.24) is 0 Å². The zero-order chi connectivity index (χ0) is 16.5. The Morgan fingerprint density at radius 3 is 2.00 bits per heavy atom. The van der Waals surface area contributed by atoms with Gasteiger partial charge in [0.05, 0.1) is 0 Å². The summed E-state index contributed by atoms with van der Waals surface area (Å²) < 4.78 is 0. The fourth-order valence-corrected chi connectivity index (χ4v) is 2.96. The molecule has 0 aliphatic rings. The lowest BCUT2D eigenvalue weighted by atomic mass is 9.88. The van der Waals surface area contributed by atoms with Crippen molar-refractivity contribution in [2.75, 3.05) is 0 Å². The second kappa shape index (κ2) is 8.95. The third-order valence-electron chi connectivity index (χ3n) is 4.12. The summed E-state index contributed by atoms with van der Waals surface area (Å²) in [5, 5.41) is 0. The Hall–Kier alpha value is -2.34. The van der Waals surface area contributed by atoms with Crippen LogP contribution in [0.1, 0.15) is 44.2 Å². The van der Waals surface area contributed by atoms with E-state index in [4.69, 9.17) is 0 Å². The highest BCUT2D eigenvalue weighted by molar-refractivity contribution is 5.91. The molecule has 0 aliphatic carbocycles. The summed E-state index contributed by atoms with van der Waals surface area (Å²) in [6, 6.07) is 21.3. The van der Waals surface area contributed by atoms with Crippen molar-refractivity contribution in [3.63, 3.8) is 0 Å². The van der Waals surface area contributed by atoms with Gasteiger partial charge < -0.3 is 0 Å². The quantitative estimate of drug-likeness (QED) is 0.296. The molecular formula is C23H26. The number of rotatable bonds is 7. The van der Waals surface area contributed by atoms with Crippen LogP contribution in [0, 0.1) is 0 Å². The van der Waals surface area contributed by atoms with Crippen molar-refractivity contribution >= 4 is 11.6 Å². The summed E-state index contributed by atoms with van der Waals surface area (Å²) in [6.07, 6.45) is 7.38. The Morgan fingerprint density at radius 2 is 1.48 bits per heavy atom. The third-order valence-corrected chi connectivity index (χ3v) is 4.12. The molecule has 2 aromatic rings. The largest absolute Gasteiger partial charge is 0.103 e. The lowest BCUT2D eigenvalue weighted by Crippen LogP contribution is -1.95. The fraction of sp³-hybridized carbons (Fsp3) is 0.217. The molecule has 23 heavy (non-hydrogen) atoms. The predicted molar refractivity (Wildman–Crippen MR) is 103 cm³/mol. The van der Waals surface area contributed by atoms with Gasteiger partial charge in [0.15, 0.2) is 0 Å². The first-order valence-electron chi connectivity index (χ1n) is 8.44. The Balaban J connectivity index is 2.62. The minimum absolute atomic E-state index is 0.957. The van der Waals surface area contributed by atoms with Gasteiger partial charge in [0.25, 0.3) is 0 Å². The molecular weight excluding hydrogens is 276 g/mol. The molecule has 2 rings (SSSR count). The molecule has 0 radical (unpaired) electrons. The van der Waals surface area contributed by atoms with E-state index in [2.05, 4.69) is 87.2 Å². The number of hydrogen-bond donors (Lipinski definition) is 0. The van der Waals surface area contributed by atoms with Gasteiger partial charge >= 0.3 is 0 Å². The van der Waals surface area contributed by atoms with E-state index in [-0.39, 0.29) is 0 Å². The van der Waals surface area contributed by atoms with E-state index in [1.54, 1.807) is 0 Å². The van der Waals surface area contributed by atoms with Crippen molar-refractivity contribution in [3.05, 3.63) is 95.6 Å². The molecule has 0 atom stereocenters. The first kappa shape index (κ1) is 17.0. The van der Waals surface area contributed by atoms with Crippen LogP contribution in [0.5, 0.6) is 0 Å². The molecule has 0 fully saturated rings. The summed E-state index contributed by atoms with van der Waals surface area (Å²) >= 11 is 0. The van der Waals surface area contributed by atoms with Crippen LogP contribution in [-0.4, -0.2) is 0 Å². The molecule has 0 aliphatic heterocycles. The predicted octanol–water partition coefficient (Wildman–Crippen LogP) is 6.92. The first-order chi connectivity index (χ1) is 11.3. The third kappa shape index (κ3) is 4.56. The van der Waals surface area contributed by atoms with Crippen molar-refractivity contribution in [3.8, 4) is 0 Å². The van der Waals surface area contributed by atoms with E-state index >= 15 is 0 Å². The standard InChI is InChI=1S/C23H26/c1-4-13-20(5-2)22(6-3)23(21-16-11-8-12-17-21)18-19-14-9-7-10-15-19/h4,7-12,14-18H,1,5-6,13H2,2-3H3/b22-20-,23-18-. The number of allylic oxidation sites excluding steroid dienone is 4. The maximum atomic E-state index is 3.93. The molecule has 2 aromatic carbocycles. The van der Waals surface area contributed by atoms with Gasteiger partial charge in [0.1, 0.15) is 0 Å². The Kier molecular flexibility index (Phi) is 6.62. The summed E-state index contributed by atoms with van der Waals surface area (Å²) in [6.45, 7) is 8.41. The monoisotopic (exact) mass is 302 g/mol. The molecule has 0 amide bonds. The SMILES string of the molecule is C=CC/C(CC)=C(CC)\C(=C/c1ccccc1)c1ccccc1. The van der Waals surface area contributed by atoms with Crippen LogP contribution >= 0.6 is 0 Å². The van der Waals surface area contributed by atoms with E-state index in [1.807, 2.05) is 6.08 Å². The molecule has 0 bridgehead atoms. The van der Waals surface area contributed by atoms with Crippen LogP contribution in [0.15, 0.2) is 84.5 Å². The fourth-order valence-electron chi connectivity index (χ4n) is 2.96. The van der Waals surface area contributed by atoms with Gasteiger partial charge in [-0.3, -0.25) is 0 Å². The lowest BCUT2D eigenvalue weighted by molar-refractivity contribution is 0.974.